The maximum atomic E-state index is 11.4. The lowest BCUT2D eigenvalue weighted by molar-refractivity contribution is -0.123. The van der Waals surface area contributed by atoms with Crippen molar-refractivity contribution in [1.29, 1.82) is 0 Å². The van der Waals surface area contributed by atoms with E-state index < -0.39 is 5.25 Å². The van der Waals surface area contributed by atoms with Crippen LogP contribution in [0.15, 0.2) is 41.7 Å². The summed E-state index contributed by atoms with van der Waals surface area (Å²) < 4.78 is 0. The van der Waals surface area contributed by atoms with E-state index in [4.69, 9.17) is 0 Å². The summed E-state index contributed by atoms with van der Waals surface area (Å²) in [6.45, 7) is 2.80. The van der Waals surface area contributed by atoms with Crippen LogP contribution in [0.4, 0.5) is 0 Å². The van der Waals surface area contributed by atoms with Gasteiger partial charge < -0.3 is 0 Å². The summed E-state index contributed by atoms with van der Waals surface area (Å²) >= 11 is 1.12. The van der Waals surface area contributed by atoms with Crippen LogP contribution >= 0.6 is 11.8 Å². The van der Waals surface area contributed by atoms with Gasteiger partial charge in [0.05, 0.1) is 5.69 Å². The fraction of sp³-hybridized carbons (Fsp3) is 0.214. The average Bonchev–Trinajstić information content (AvgIpc) is 2.45. The molecule has 0 amide bonds. The summed E-state index contributed by atoms with van der Waals surface area (Å²) in [5, 5.41) is 7.96. The van der Waals surface area contributed by atoms with Crippen LogP contribution in [0.1, 0.15) is 13.8 Å². The van der Waals surface area contributed by atoms with Gasteiger partial charge in [0.25, 0.3) is 0 Å². The predicted octanol–water partition coefficient (Wildman–Crippen LogP) is 2.18. The number of rotatable bonds is 5. The molecule has 0 radical (unpaired) electrons. The molecule has 0 atom stereocenters. The van der Waals surface area contributed by atoms with Crippen LogP contribution in [-0.4, -0.2) is 32.0 Å². The van der Waals surface area contributed by atoms with Gasteiger partial charge >= 0.3 is 0 Å². The molecule has 0 saturated carbocycles. The highest BCUT2D eigenvalue weighted by Crippen LogP contribution is 2.24. The van der Waals surface area contributed by atoms with Crippen molar-refractivity contribution >= 4 is 23.3 Å². The Labute approximate surface area is 120 Å². The summed E-state index contributed by atoms with van der Waals surface area (Å²) in [6, 6.07) is 7.25. The number of pyridine rings is 1. The second kappa shape index (κ2) is 6.38. The Morgan fingerprint density at radius 3 is 2.35 bits per heavy atom. The van der Waals surface area contributed by atoms with Crippen LogP contribution < -0.4 is 0 Å². The van der Waals surface area contributed by atoms with E-state index in [0.717, 1.165) is 17.3 Å². The third kappa shape index (κ3) is 3.48. The zero-order chi connectivity index (χ0) is 14.5. The molecule has 2 aromatic heterocycles. The number of carbonyl (C=O) groups excluding carboxylic acids is 2. The summed E-state index contributed by atoms with van der Waals surface area (Å²) in [5.41, 5.74) is 1.57. The van der Waals surface area contributed by atoms with Crippen LogP contribution in [0.2, 0.25) is 0 Å². The van der Waals surface area contributed by atoms with Crippen molar-refractivity contribution in [3.05, 3.63) is 36.7 Å². The van der Waals surface area contributed by atoms with Gasteiger partial charge in [-0.25, -0.2) is 0 Å². The normalized spacial score (nSPS) is 10.6. The second-order valence-corrected chi connectivity index (χ2v) is 5.34. The molecule has 0 aliphatic heterocycles. The van der Waals surface area contributed by atoms with Crippen LogP contribution in [0.3, 0.4) is 0 Å². The minimum atomic E-state index is -0.714. The third-order valence-electron chi connectivity index (χ3n) is 2.57. The van der Waals surface area contributed by atoms with Gasteiger partial charge in [-0.15, -0.1) is 10.2 Å². The van der Waals surface area contributed by atoms with E-state index in [0.29, 0.717) is 10.7 Å². The number of thioether (sulfide) groups is 1. The van der Waals surface area contributed by atoms with Gasteiger partial charge in [0.15, 0.2) is 11.6 Å². The van der Waals surface area contributed by atoms with Crippen molar-refractivity contribution in [2.75, 3.05) is 0 Å². The zero-order valence-corrected chi connectivity index (χ0v) is 11.9. The SMILES string of the molecule is CC(=O)C(Sc1ccc(-c2cccnc2)nn1)C(C)=O. The molecule has 0 fully saturated rings. The van der Waals surface area contributed by atoms with Gasteiger partial charge in [-0.1, -0.05) is 11.8 Å². The molecule has 0 spiro atoms. The molecule has 6 heteroatoms. The lowest BCUT2D eigenvalue weighted by Gasteiger charge is -2.08. The molecule has 5 nitrogen and oxygen atoms in total. The second-order valence-electron chi connectivity index (χ2n) is 4.22. The van der Waals surface area contributed by atoms with Crippen molar-refractivity contribution in [1.82, 2.24) is 15.2 Å². The smallest absolute Gasteiger partial charge is 0.150 e. The van der Waals surface area contributed by atoms with Crippen molar-refractivity contribution in [2.45, 2.75) is 24.1 Å². The predicted molar refractivity (Wildman–Crippen MR) is 76.3 cm³/mol. The lowest BCUT2D eigenvalue weighted by Crippen LogP contribution is -2.22. The molecular weight excluding hydrogens is 274 g/mol. The van der Waals surface area contributed by atoms with Crippen LogP contribution in [0, 0.1) is 0 Å². The summed E-state index contributed by atoms with van der Waals surface area (Å²) in [4.78, 5) is 26.8. The van der Waals surface area contributed by atoms with E-state index in [1.165, 1.54) is 13.8 Å². The molecule has 0 saturated heterocycles. The quantitative estimate of drug-likeness (QED) is 0.620. The molecule has 0 N–H and O–H groups in total. The molecule has 2 aromatic rings. The summed E-state index contributed by atoms with van der Waals surface area (Å²) in [5.74, 6) is -0.360. The Balaban J connectivity index is 2.16. The summed E-state index contributed by atoms with van der Waals surface area (Å²) in [7, 11) is 0. The van der Waals surface area contributed by atoms with Gasteiger partial charge in [-0.3, -0.25) is 14.6 Å². The molecular formula is C14H13N3O2S. The monoisotopic (exact) mass is 287 g/mol. The van der Waals surface area contributed by atoms with Gasteiger partial charge in [-0.05, 0) is 38.1 Å². The summed E-state index contributed by atoms with van der Waals surface area (Å²) in [6.07, 6.45) is 3.39. The van der Waals surface area contributed by atoms with E-state index in [9.17, 15) is 9.59 Å². The van der Waals surface area contributed by atoms with Crippen molar-refractivity contribution in [3.8, 4) is 11.3 Å². The van der Waals surface area contributed by atoms with Crippen LogP contribution in [0.25, 0.3) is 11.3 Å². The Kier molecular flexibility index (Phi) is 4.57. The van der Waals surface area contributed by atoms with E-state index >= 15 is 0 Å². The van der Waals surface area contributed by atoms with E-state index in [1.807, 2.05) is 12.1 Å². The molecule has 2 rings (SSSR count). The van der Waals surface area contributed by atoms with Crippen molar-refractivity contribution in [2.24, 2.45) is 0 Å². The topological polar surface area (TPSA) is 72.8 Å². The first-order valence-electron chi connectivity index (χ1n) is 5.99. The van der Waals surface area contributed by atoms with E-state index in [2.05, 4.69) is 15.2 Å². The van der Waals surface area contributed by atoms with Gasteiger partial charge in [0.1, 0.15) is 10.3 Å². The highest BCUT2D eigenvalue weighted by molar-refractivity contribution is 8.01. The molecule has 0 aromatic carbocycles. The molecule has 0 aliphatic rings. The van der Waals surface area contributed by atoms with E-state index in [-0.39, 0.29) is 11.6 Å². The maximum absolute atomic E-state index is 11.4. The third-order valence-corrected chi connectivity index (χ3v) is 3.93. The zero-order valence-electron chi connectivity index (χ0n) is 11.1. The Morgan fingerprint density at radius 1 is 1.10 bits per heavy atom. The minimum absolute atomic E-state index is 0.180. The lowest BCUT2D eigenvalue weighted by atomic mass is 10.2. The number of ketones is 2. The molecule has 102 valence electrons. The first-order chi connectivity index (χ1) is 9.58. The number of nitrogens with zero attached hydrogens (tertiary/aromatic N) is 3. The highest BCUT2D eigenvalue weighted by Gasteiger charge is 2.21. The standard InChI is InChI=1S/C14H13N3O2S/c1-9(18)14(10(2)19)20-13-6-5-12(16-17-13)11-4-3-7-15-8-11/h3-8,14H,1-2H3. The highest BCUT2D eigenvalue weighted by atomic mass is 32.2. The number of hydrogen-bond donors (Lipinski definition) is 0. The molecule has 0 aliphatic carbocycles. The maximum Gasteiger partial charge on any atom is 0.150 e. The molecule has 0 bridgehead atoms. The Bertz CT molecular complexity index is 600. The van der Waals surface area contributed by atoms with E-state index in [1.54, 1.807) is 24.5 Å². The fourth-order valence-electron chi connectivity index (χ4n) is 1.62. The van der Waals surface area contributed by atoms with Gasteiger partial charge in [-0.2, -0.15) is 0 Å². The van der Waals surface area contributed by atoms with Crippen LogP contribution in [-0.2, 0) is 9.59 Å². The average molecular weight is 287 g/mol. The first-order valence-corrected chi connectivity index (χ1v) is 6.87. The van der Waals surface area contributed by atoms with Gasteiger partial charge in [0, 0.05) is 18.0 Å². The fourth-order valence-corrected chi connectivity index (χ4v) is 2.43. The number of carbonyl (C=O) groups is 2. The number of aromatic nitrogens is 3. The Hall–Kier alpha value is -2.08. The largest absolute Gasteiger partial charge is 0.298 e. The molecule has 20 heavy (non-hydrogen) atoms. The first kappa shape index (κ1) is 14.3. The van der Waals surface area contributed by atoms with Crippen molar-refractivity contribution in [3.63, 3.8) is 0 Å². The molecule has 2 heterocycles. The number of Topliss-reactive ketones (excluding diaryl/α,β-unsaturated/α-hetero) is 2. The molecule has 0 unspecified atom stereocenters. The van der Waals surface area contributed by atoms with Gasteiger partial charge in [0.2, 0.25) is 0 Å². The van der Waals surface area contributed by atoms with Crippen LogP contribution in [0.5, 0.6) is 0 Å². The number of hydrogen-bond acceptors (Lipinski definition) is 6. The Morgan fingerprint density at radius 2 is 1.85 bits per heavy atom. The van der Waals surface area contributed by atoms with Crippen molar-refractivity contribution < 1.29 is 9.59 Å². The minimum Gasteiger partial charge on any atom is -0.298 e.